The summed E-state index contributed by atoms with van der Waals surface area (Å²) in [6.45, 7) is 2.28. The molecule has 0 aliphatic heterocycles. The zero-order chi connectivity index (χ0) is 12.4. The van der Waals surface area contributed by atoms with Gasteiger partial charge in [-0.2, -0.15) is 0 Å². The summed E-state index contributed by atoms with van der Waals surface area (Å²) >= 11 is 5.76. The van der Waals surface area contributed by atoms with Crippen molar-refractivity contribution in [2.75, 3.05) is 0 Å². The summed E-state index contributed by atoms with van der Waals surface area (Å²) in [6, 6.07) is 5.05. The molecule has 1 fully saturated rings. The summed E-state index contributed by atoms with van der Waals surface area (Å²) in [4.78, 5) is 0. The summed E-state index contributed by atoms with van der Waals surface area (Å²) in [5, 5.41) is 0.189. The molecule has 3 heteroatoms. The largest absolute Gasteiger partial charge is 0.327 e. The Kier molecular flexibility index (Phi) is 4.05. The van der Waals surface area contributed by atoms with E-state index in [1.165, 1.54) is 25.3 Å². The van der Waals surface area contributed by atoms with Crippen molar-refractivity contribution in [3.63, 3.8) is 0 Å². The van der Waals surface area contributed by atoms with E-state index in [9.17, 15) is 4.39 Å². The smallest absolute Gasteiger partial charge is 0.141 e. The summed E-state index contributed by atoms with van der Waals surface area (Å²) in [7, 11) is 0. The van der Waals surface area contributed by atoms with Gasteiger partial charge in [-0.3, -0.25) is 0 Å². The molecule has 1 nitrogen and oxygen atoms in total. The molecule has 0 aromatic heterocycles. The van der Waals surface area contributed by atoms with E-state index in [0.29, 0.717) is 5.92 Å². The zero-order valence-corrected chi connectivity index (χ0v) is 10.9. The van der Waals surface area contributed by atoms with Gasteiger partial charge in [-0.05, 0) is 48.8 Å². The van der Waals surface area contributed by atoms with Crippen LogP contribution in [0.1, 0.15) is 31.7 Å². The predicted molar refractivity (Wildman–Crippen MR) is 69.6 cm³/mol. The first-order chi connectivity index (χ1) is 8.06. The molecule has 2 N–H and O–H groups in total. The van der Waals surface area contributed by atoms with Crippen molar-refractivity contribution in [2.45, 2.75) is 38.6 Å². The lowest BCUT2D eigenvalue weighted by Gasteiger charge is -2.19. The molecule has 0 bridgehead atoms. The molecule has 1 aromatic carbocycles. The minimum absolute atomic E-state index is 0.168. The number of nitrogens with two attached hydrogens (primary N) is 1. The third kappa shape index (κ3) is 3.20. The lowest BCUT2D eigenvalue weighted by Crippen LogP contribution is -2.30. The molecule has 0 radical (unpaired) electrons. The van der Waals surface area contributed by atoms with Gasteiger partial charge in [0.2, 0.25) is 0 Å². The van der Waals surface area contributed by atoms with Crippen LogP contribution >= 0.6 is 11.6 Å². The second kappa shape index (κ2) is 5.36. The van der Waals surface area contributed by atoms with Gasteiger partial charge in [0.15, 0.2) is 0 Å². The topological polar surface area (TPSA) is 26.0 Å². The van der Waals surface area contributed by atoms with Crippen molar-refractivity contribution in [3.8, 4) is 0 Å². The molecule has 0 amide bonds. The van der Waals surface area contributed by atoms with Crippen LogP contribution in [0.4, 0.5) is 4.39 Å². The molecule has 0 spiro atoms. The molecule has 0 saturated heterocycles. The first-order valence-corrected chi connectivity index (χ1v) is 6.63. The molecular weight excluding hydrogens is 237 g/mol. The normalized spacial score (nSPS) is 26.1. The van der Waals surface area contributed by atoms with Crippen LogP contribution in [0.3, 0.4) is 0 Å². The van der Waals surface area contributed by atoms with Crippen molar-refractivity contribution >= 4 is 11.6 Å². The van der Waals surface area contributed by atoms with Crippen molar-refractivity contribution in [2.24, 2.45) is 17.6 Å². The molecule has 0 heterocycles. The van der Waals surface area contributed by atoms with E-state index >= 15 is 0 Å². The Morgan fingerprint density at radius 3 is 2.82 bits per heavy atom. The van der Waals surface area contributed by atoms with Crippen LogP contribution in [-0.4, -0.2) is 6.04 Å². The van der Waals surface area contributed by atoms with E-state index in [0.717, 1.165) is 17.9 Å². The van der Waals surface area contributed by atoms with Crippen LogP contribution < -0.4 is 5.73 Å². The van der Waals surface area contributed by atoms with Gasteiger partial charge in [0, 0.05) is 6.04 Å². The van der Waals surface area contributed by atoms with E-state index < -0.39 is 0 Å². The predicted octanol–water partition coefficient (Wildman–Crippen LogP) is 3.79. The van der Waals surface area contributed by atoms with Gasteiger partial charge in [-0.25, -0.2) is 4.39 Å². The Balaban J connectivity index is 1.98. The van der Waals surface area contributed by atoms with Crippen molar-refractivity contribution in [3.05, 3.63) is 34.6 Å². The molecular formula is C14H19ClFN. The Morgan fingerprint density at radius 1 is 1.47 bits per heavy atom. The van der Waals surface area contributed by atoms with Gasteiger partial charge in [0.25, 0.3) is 0 Å². The Morgan fingerprint density at radius 2 is 2.24 bits per heavy atom. The van der Waals surface area contributed by atoms with Gasteiger partial charge < -0.3 is 5.73 Å². The highest BCUT2D eigenvalue weighted by Crippen LogP contribution is 2.33. The standard InChI is InChI=1S/C14H19ClFN/c1-9-2-4-11(6-9)14(17)8-10-3-5-13(16)12(15)7-10/h3,5,7,9,11,14H,2,4,6,8,17H2,1H3. The summed E-state index contributed by atoms with van der Waals surface area (Å²) < 4.78 is 13.0. The van der Waals surface area contributed by atoms with Gasteiger partial charge >= 0.3 is 0 Å². The molecule has 3 atom stereocenters. The minimum atomic E-state index is -0.363. The fraction of sp³-hybridized carbons (Fsp3) is 0.571. The number of rotatable bonds is 3. The summed E-state index contributed by atoms with van der Waals surface area (Å²) in [6.07, 6.45) is 4.51. The van der Waals surface area contributed by atoms with E-state index in [4.69, 9.17) is 17.3 Å². The van der Waals surface area contributed by atoms with Gasteiger partial charge in [0.05, 0.1) is 5.02 Å². The molecule has 94 valence electrons. The maximum atomic E-state index is 13.0. The second-order valence-electron chi connectivity index (χ2n) is 5.29. The molecule has 17 heavy (non-hydrogen) atoms. The van der Waals surface area contributed by atoms with E-state index in [2.05, 4.69) is 6.92 Å². The molecule has 1 aliphatic rings. The number of halogens is 2. The van der Waals surface area contributed by atoms with Gasteiger partial charge in [0.1, 0.15) is 5.82 Å². The van der Waals surface area contributed by atoms with Crippen molar-refractivity contribution in [1.82, 2.24) is 0 Å². The third-order valence-electron chi connectivity index (χ3n) is 3.80. The summed E-state index contributed by atoms with van der Waals surface area (Å²) in [5.41, 5.74) is 7.26. The maximum absolute atomic E-state index is 13.0. The van der Waals surface area contributed by atoms with E-state index in [1.54, 1.807) is 12.1 Å². The Bertz CT molecular complexity index is 394. The van der Waals surface area contributed by atoms with Gasteiger partial charge in [-0.15, -0.1) is 0 Å². The Labute approximate surface area is 107 Å². The third-order valence-corrected chi connectivity index (χ3v) is 4.09. The fourth-order valence-corrected chi connectivity index (χ4v) is 2.95. The Hall–Kier alpha value is -0.600. The van der Waals surface area contributed by atoms with Crippen LogP contribution in [0.5, 0.6) is 0 Å². The fourth-order valence-electron chi connectivity index (χ4n) is 2.75. The molecule has 1 aromatic rings. The first-order valence-electron chi connectivity index (χ1n) is 6.25. The average Bonchev–Trinajstić information content (AvgIpc) is 2.70. The maximum Gasteiger partial charge on any atom is 0.141 e. The SMILES string of the molecule is CC1CCC(C(N)Cc2ccc(F)c(Cl)c2)C1. The van der Waals surface area contributed by atoms with Crippen molar-refractivity contribution < 1.29 is 4.39 Å². The van der Waals surface area contributed by atoms with Crippen molar-refractivity contribution in [1.29, 1.82) is 0 Å². The minimum Gasteiger partial charge on any atom is -0.327 e. The first kappa shape index (κ1) is 12.8. The van der Waals surface area contributed by atoms with Crippen LogP contribution in [0, 0.1) is 17.7 Å². The van der Waals surface area contributed by atoms with Crippen LogP contribution in [0.15, 0.2) is 18.2 Å². The number of benzene rings is 1. The van der Waals surface area contributed by atoms with Crippen LogP contribution in [0.2, 0.25) is 5.02 Å². The van der Waals surface area contributed by atoms with Crippen LogP contribution in [-0.2, 0) is 6.42 Å². The quantitative estimate of drug-likeness (QED) is 0.874. The average molecular weight is 256 g/mol. The molecule has 1 aliphatic carbocycles. The van der Waals surface area contributed by atoms with Gasteiger partial charge in [-0.1, -0.05) is 31.0 Å². The highest BCUT2D eigenvalue weighted by Gasteiger charge is 2.26. The zero-order valence-electron chi connectivity index (χ0n) is 10.1. The molecule has 2 rings (SSSR count). The molecule has 1 saturated carbocycles. The number of hydrogen-bond donors (Lipinski definition) is 1. The second-order valence-corrected chi connectivity index (χ2v) is 5.70. The highest BCUT2D eigenvalue weighted by molar-refractivity contribution is 6.30. The number of hydrogen-bond acceptors (Lipinski definition) is 1. The van der Waals surface area contributed by atoms with Crippen LogP contribution in [0.25, 0.3) is 0 Å². The summed E-state index contributed by atoms with van der Waals surface area (Å²) in [5.74, 6) is 1.04. The lowest BCUT2D eigenvalue weighted by atomic mass is 9.92. The molecule has 3 unspecified atom stereocenters. The monoisotopic (exact) mass is 255 g/mol. The highest BCUT2D eigenvalue weighted by atomic mass is 35.5. The van der Waals surface area contributed by atoms with E-state index in [1.807, 2.05) is 0 Å². The lowest BCUT2D eigenvalue weighted by molar-refractivity contribution is 0.415. The van der Waals surface area contributed by atoms with E-state index in [-0.39, 0.29) is 16.9 Å².